The number of aldehydes is 1. The van der Waals surface area contributed by atoms with Gasteiger partial charge in [-0.3, -0.25) is 4.79 Å². The zero-order chi connectivity index (χ0) is 7.56. The SMILES string of the molecule is CCc1[nH]c(C=O)nc1Br. The van der Waals surface area contributed by atoms with Gasteiger partial charge in [-0.15, -0.1) is 0 Å². The number of carbonyl (C=O) groups excluding carboxylic acids is 1. The van der Waals surface area contributed by atoms with E-state index in [4.69, 9.17) is 0 Å². The van der Waals surface area contributed by atoms with E-state index in [-0.39, 0.29) is 0 Å². The van der Waals surface area contributed by atoms with Gasteiger partial charge < -0.3 is 4.98 Å². The Bertz CT molecular complexity index is 244. The first kappa shape index (κ1) is 7.47. The molecule has 0 atom stereocenters. The molecule has 0 amide bonds. The van der Waals surface area contributed by atoms with E-state index in [2.05, 4.69) is 25.9 Å². The maximum absolute atomic E-state index is 10.2. The lowest BCUT2D eigenvalue weighted by molar-refractivity contribution is 0.111. The number of nitrogens with one attached hydrogen (secondary N) is 1. The van der Waals surface area contributed by atoms with E-state index in [1.807, 2.05) is 6.92 Å². The van der Waals surface area contributed by atoms with Crippen LogP contribution in [0.25, 0.3) is 0 Å². The Hall–Kier alpha value is -0.640. The Labute approximate surface area is 67.0 Å². The Balaban J connectivity index is 3.03. The summed E-state index contributed by atoms with van der Waals surface area (Å²) in [5, 5.41) is 0. The molecule has 10 heavy (non-hydrogen) atoms. The van der Waals surface area contributed by atoms with E-state index >= 15 is 0 Å². The second kappa shape index (κ2) is 2.96. The van der Waals surface area contributed by atoms with Crippen molar-refractivity contribution in [1.82, 2.24) is 9.97 Å². The summed E-state index contributed by atoms with van der Waals surface area (Å²) in [4.78, 5) is 16.9. The number of H-pyrrole nitrogens is 1. The molecule has 4 heteroatoms. The molecule has 1 N–H and O–H groups in total. The molecule has 0 aliphatic heterocycles. The number of aromatic nitrogens is 2. The third kappa shape index (κ3) is 1.26. The molecule has 0 unspecified atom stereocenters. The number of hydrogen-bond donors (Lipinski definition) is 1. The molecule has 0 fully saturated rings. The van der Waals surface area contributed by atoms with Crippen LogP contribution >= 0.6 is 15.9 Å². The van der Waals surface area contributed by atoms with Gasteiger partial charge in [-0.2, -0.15) is 0 Å². The minimum Gasteiger partial charge on any atom is -0.339 e. The summed E-state index contributed by atoms with van der Waals surface area (Å²) >= 11 is 3.22. The zero-order valence-electron chi connectivity index (χ0n) is 5.52. The normalized spacial score (nSPS) is 9.80. The predicted octanol–water partition coefficient (Wildman–Crippen LogP) is 1.55. The molecule has 0 aromatic carbocycles. The Morgan fingerprint density at radius 3 is 2.80 bits per heavy atom. The number of halogens is 1. The summed E-state index contributed by atoms with van der Waals surface area (Å²) in [5.41, 5.74) is 0.960. The lowest BCUT2D eigenvalue weighted by atomic mass is 10.4. The van der Waals surface area contributed by atoms with Gasteiger partial charge in [0, 0.05) is 5.69 Å². The first-order valence-electron chi connectivity index (χ1n) is 2.97. The van der Waals surface area contributed by atoms with Gasteiger partial charge in [0.05, 0.1) is 0 Å². The molecule has 0 radical (unpaired) electrons. The number of aryl methyl sites for hydroxylation is 1. The number of rotatable bonds is 2. The molecule has 0 bridgehead atoms. The first-order valence-corrected chi connectivity index (χ1v) is 3.76. The van der Waals surface area contributed by atoms with Crippen molar-refractivity contribution in [2.75, 3.05) is 0 Å². The van der Waals surface area contributed by atoms with Crippen LogP contribution in [-0.4, -0.2) is 16.3 Å². The van der Waals surface area contributed by atoms with Crippen molar-refractivity contribution < 1.29 is 4.79 Å². The molecular formula is C6H7BrN2O. The first-order chi connectivity index (χ1) is 4.77. The van der Waals surface area contributed by atoms with Crippen LogP contribution in [0.5, 0.6) is 0 Å². The van der Waals surface area contributed by atoms with E-state index in [0.717, 1.165) is 16.7 Å². The molecule has 1 rings (SSSR count). The maximum atomic E-state index is 10.2. The van der Waals surface area contributed by atoms with Crippen LogP contribution in [0, 0.1) is 0 Å². The fraction of sp³-hybridized carbons (Fsp3) is 0.333. The highest BCUT2D eigenvalue weighted by atomic mass is 79.9. The quantitative estimate of drug-likeness (QED) is 0.741. The van der Waals surface area contributed by atoms with Gasteiger partial charge in [0.1, 0.15) is 4.60 Å². The lowest BCUT2D eigenvalue weighted by Crippen LogP contribution is -1.82. The Morgan fingerprint density at radius 1 is 1.80 bits per heavy atom. The number of hydrogen-bond acceptors (Lipinski definition) is 2. The van der Waals surface area contributed by atoms with Crippen molar-refractivity contribution in [1.29, 1.82) is 0 Å². The molecule has 1 heterocycles. The van der Waals surface area contributed by atoms with Crippen LogP contribution in [0.3, 0.4) is 0 Å². The molecule has 0 aliphatic carbocycles. The van der Waals surface area contributed by atoms with Crippen molar-refractivity contribution in [2.24, 2.45) is 0 Å². The second-order valence-corrected chi connectivity index (χ2v) is 2.61. The number of imidazole rings is 1. The summed E-state index contributed by atoms with van der Waals surface area (Å²) in [6.45, 7) is 1.99. The van der Waals surface area contributed by atoms with Crippen LogP contribution in [-0.2, 0) is 6.42 Å². The zero-order valence-corrected chi connectivity index (χ0v) is 7.10. The molecule has 54 valence electrons. The topological polar surface area (TPSA) is 45.8 Å². The van der Waals surface area contributed by atoms with Gasteiger partial charge in [0.2, 0.25) is 0 Å². The van der Waals surface area contributed by atoms with Crippen LogP contribution in [0.15, 0.2) is 4.60 Å². The van der Waals surface area contributed by atoms with Crippen molar-refractivity contribution in [2.45, 2.75) is 13.3 Å². The minimum atomic E-state index is 0.378. The fourth-order valence-corrected chi connectivity index (χ4v) is 1.27. The predicted molar refractivity (Wildman–Crippen MR) is 41.1 cm³/mol. The Morgan fingerprint density at radius 2 is 2.50 bits per heavy atom. The summed E-state index contributed by atoms with van der Waals surface area (Å²) in [6, 6.07) is 0. The average molecular weight is 203 g/mol. The summed E-state index contributed by atoms with van der Waals surface area (Å²) < 4.78 is 0.733. The molecule has 1 aromatic rings. The van der Waals surface area contributed by atoms with Gasteiger partial charge in [-0.1, -0.05) is 6.92 Å². The molecule has 1 aromatic heterocycles. The smallest absolute Gasteiger partial charge is 0.185 e. The van der Waals surface area contributed by atoms with Gasteiger partial charge >= 0.3 is 0 Å². The third-order valence-corrected chi connectivity index (χ3v) is 1.87. The van der Waals surface area contributed by atoms with Crippen molar-refractivity contribution >= 4 is 22.2 Å². The van der Waals surface area contributed by atoms with E-state index < -0.39 is 0 Å². The third-order valence-electron chi connectivity index (χ3n) is 1.21. The molecular weight excluding hydrogens is 196 g/mol. The molecule has 0 aliphatic rings. The van der Waals surface area contributed by atoms with Gasteiger partial charge in [0.25, 0.3) is 0 Å². The Kier molecular flexibility index (Phi) is 2.21. The van der Waals surface area contributed by atoms with Crippen LogP contribution in [0.1, 0.15) is 23.2 Å². The van der Waals surface area contributed by atoms with Gasteiger partial charge in [-0.05, 0) is 22.4 Å². The summed E-state index contributed by atoms with van der Waals surface area (Å²) in [7, 11) is 0. The molecule has 0 saturated carbocycles. The van der Waals surface area contributed by atoms with E-state index in [0.29, 0.717) is 12.1 Å². The monoisotopic (exact) mass is 202 g/mol. The van der Waals surface area contributed by atoms with E-state index in [1.54, 1.807) is 0 Å². The maximum Gasteiger partial charge on any atom is 0.185 e. The van der Waals surface area contributed by atoms with Crippen LogP contribution in [0.2, 0.25) is 0 Å². The lowest BCUT2D eigenvalue weighted by Gasteiger charge is -1.85. The van der Waals surface area contributed by atoms with E-state index in [9.17, 15) is 4.79 Å². The fourth-order valence-electron chi connectivity index (χ4n) is 0.697. The standard InChI is InChI=1S/C6H7BrN2O/c1-2-4-6(7)9-5(3-10)8-4/h3H,2H2,1H3,(H,8,9). The minimum absolute atomic E-state index is 0.378. The summed E-state index contributed by atoms with van der Waals surface area (Å²) in [5.74, 6) is 0.378. The van der Waals surface area contributed by atoms with Crippen molar-refractivity contribution in [3.05, 3.63) is 16.1 Å². The average Bonchev–Trinajstić information content (AvgIpc) is 2.30. The number of aromatic amines is 1. The van der Waals surface area contributed by atoms with Crippen molar-refractivity contribution in [3.8, 4) is 0 Å². The van der Waals surface area contributed by atoms with Crippen molar-refractivity contribution in [3.63, 3.8) is 0 Å². The number of nitrogens with zero attached hydrogens (tertiary/aromatic N) is 1. The highest BCUT2D eigenvalue weighted by Gasteiger charge is 2.03. The second-order valence-electron chi connectivity index (χ2n) is 1.86. The molecule has 3 nitrogen and oxygen atoms in total. The van der Waals surface area contributed by atoms with E-state index in [1.165, 1.54) is 0 Å². The van der Waals surface area contributed by atoms with Gasteiger partial charge in [-0.25, -0.2) is 4.98 Å². The highest BCUT2D eigenvalue weighted by molar-refractivity contribution is 9.10. The van der Waals surface area contributed by atoms with Gasteiger partial charge in [0.15, 0.2) is 12.1 Å². The molecule has 0 spiro atoms. The summed E-state index contributed by atoms with van der Waals surface area (Å²) in [6.07, 6.45) is 1.55. The van der Waals surface area contributed by atoms with Crippen LogP contribution in [0.4, 0.5) is 0 Å². The highest BCUT2D eigenvalue weighted by Crippen LogP contribution is 2.12. The number of carbonyl (C=O) groups is 1. The largest absolute Gasteiger partial charge is 0.339 e. The van der Waals surface area contributed by atoms with Crippen LogP contribution < -0.4 is 0 Å². The molecule has 0 saturated heterocycles.